The van der Waals surface area contributed by atoms with E-state index in [0.717, 1.165) is 12.8 Å². The van der Waals surface area contributed by atoms with Gasteiger partial charge in [-0.3, -0.25) is 0 Å². The smallest absolute Gasteiger partial charge is 0.184 e. The van der Waals surface area contributed by atoms with Crippen molar-refractivity contribution >= 4 is 0 Å². The van der Waals surface area contributed by atoms with E-state index in [4.69, 9.17) is 9.47 Å². The number of aliphatic hydroxyl groups excluding tert-OH is 5. The lowest BCUT2D eigenvalue weighted by Crippen LogP contribution is -2.61. The van der Waals surface area contributed by atoms with E-state index in [-0.39, 0.29) is 6.61 Å². The summed E-state index contributed by atoms with van der Waals surface area (Å²) in [6, 6.07) is 0. The maximum Gasteiger partial charge on any atom is 0.184 e. The molecule has 0 aliphatic carbocycles. The summed E-state index contributed by atoms with van der Waals surface area (Å²) in [5.41, 5.74) is 0. The van der Waals surface area contributed by atoms with Crippen LogP contribution in [0.15, 0.2) is 0 Å². The molecule has 0 radical (unpaired) electrons. The zero-order chi connectivity index (χ0) is 13.7. The van der Waals surface area contributed by atoms with Crippen molar-refractivity contribution in [3.05, 3.63) is 0 Å². The molecule has 7 nitrogen and oxygen atoms in total. The van der Waals surface area contributed by atoms with Gasteiger partial charge in [0.15, 0.2) is 6.29 Å². The predicted molar refractivity (Wildman–Crippen MR) is 60.6 cm³/mol. The van der Waals surface area contributed by atoms with Gasteiger partial charge in [0.05, 0.1) is 6.61 Å². The minimum Gasteiger partial charge on any atom is -0.388 e. The molecule has 108 valence electrons. The van der Waals surface area contributed by atoms with Crippen LogP contribution in [-0.4, -0.2) is 75.6 Å². The molecule has 0 aromatic rings. The topological polar surface area (TPSA) is 120 Å². The molecule has 1 saturated heterocycles. The Morgan fingerprint density at radius 2 is 1.78 bits per heavy atom. The molecular weight excluding hydrogens is 244 g/mol. The van der Waals surface area contributed by atoms with Gasteiger partial charge in [0.25, 0.3) is 0 Å². The van der Waals surface area contributed by atoms with E-state index >= 15 is 0 Å². The summed E-state index contributed by atoms with van der Waals surface area (Å²) in [6.07, 6.45) is -6.85. The van der Waals surface area contributed by atoms with Crippen LogP contribution in [0.2, 0.25) is 0 Å². The molecule has 1 heterocycles. The first-order chi connectivity index (χ1) is 8.49. The molecule has 6 atom stereocenters. The fourth-order valence-electron chi connectivity index (χ4n) is 1.75. The number of ether oxygens (including phenoxy) is 2. The summed E-state index contributed by atoms with van der Waals surface area (Å²) in [7, 11) is 0. The first-order valence-corrected chi connectivity index (χ1v) is 6.12. The fraction of sp³-hybridized carbons (Fsp3) is 1.00. The molecule has 1 fully saturated rings. The predicted octanol–water partition coefficient (Wildman–Crippen LogP) is -2.04. The van der Waals surface area contributed by atoms with Gasteiger partial charge in [-0.2, -0.15) is 0 Å². The standard InChI is InChI=1S/C11H22O7/c1-2-3-4-17-5-6(12)10-8(14)7(13)9(15)11(16)18-10/h6-16H,2-5H2,1H3/t6-,7+,8+,9?,10?,11-/m1/s1. The van der Waals surface area contributed by atoms with Crippen LogP contribution in [0.5, 0.6) is 0 Å². The lowest BCUT2D eigenvalue weighted by molar-refractivity contribution is -0.299. The van der Waals surface area contributed by atoms with E-state index < -0.39 is 36.8 Å². The second-order valence-electron chi connectivity index (χ2n) is 4.46. The second-order valence-corrected chi connectivity index (χ2v) is 4.46. The van der Waals surface area contributed by atoms with E-state index in [0.29, 0.717) is 6.61 Å². The van der Waals surface area contributed by atoms with Gasteiger partial charge in [-0.1, -0.05) is 13.3 Å². The maximum atomic E-state index is 9.75. The van der Waals surface area contributed by atoms with Crippen LogP contribution >= 0.6 is 0 Å². The van der Waals surface area contributed by atoms with Gasteiger partial charge >= 0.3 is 0 Å². The molecule has 7 heteroatoms. The van der Waals surface area contributed by atoms with Crippen LogP contribution in [0.4, 0.5) is 0 Å². The Morgan fingerprint density at radius 1 is 1.11 bits per heavy atom. The minimum absolute atomic E-state index is 0.0722. The maximum absolute atomic E-state index is 9.75. The van der Waals surface area contributed by atoms with E-state index in [1.54, 1.807) is 0 Å². The van der Waals surface area contributed by atoms with Crippen LogP contribution in [0.3, 0.4) is 0 Å². The first kappa shape index (κ1) is 15.8. The fourth-order valence-corrected chi connectivity index (χ4v) is 1.75. The van der Waals surface area contributed by atoms with E-state index in [1.807, 2.05) is 6.92 Å². The van der Waals surface area contributed by atoms with Crippen LogP contribution in [0, 0.1) is 0 Å². The van der Waals surface area contributed by atoms with Crippen LogP contribution in [0.25, 0.3) is 0 Å². The van der Waals surface area contributed by atoms with Gasteiger partial charge in [0, 0.05) is 6.61 Å². The monoisotopic (exact) mass is 266 g/mol. The molecular formula is C11H22O7. The van der Waals surface area contributed by atoms with Crippen LogP contribution in [0.1, 0.15) is 19.8 Å². The lowest BCUT2D eigenvalue weighted by atomic mass is 9.96. The van der Waals surface area contributed by atoms with E-state index in [1.165, 1.54) is 0 Å². The molecule has 1 aliphatic rings. The van der Waals surface area contributed by atoms with Gasteiger partial charge in [-0.05, 0) is 6.42 Å². The Hall–Kier alpha value is -0.280. The average Bonchev–Trinajstić information content (AvgIpc) is 2.36. The van der Waals surface area contributed by atoms with Crippen molar-refractivity contribution in [2.45, 2.75) is 56.6 Å². The average molecular weight is 266 g/mol. The summed E-state index contributed by atoms with van der Waals surface area (Å²) in [6.45, 7) is 2.41. The van der Waals surface area contributed by atoms with Gasteiger partial charge in [-0.15, -0.1) is 0 Å². The second kappa shape index (κ2) is 7.34. The van der Waals surface area contributed by atoms with Crippen molar-refractivity contribution < 1.29 is 35.0 Å². The Bertz CT molecular complexity index is 237. The molecule has 1 rings (SSSR count). The van der Waals surface area contributed by atoms with E-state index in [2.05, 4.69) is 0 Å². The number of hydrogen-bond acceptors (Lipinski definition) is 7. The van der Waals surface area contributed by atoms with Gasteiger partial charge < -0.3 is 35.0 Å². The number of aliphatic hydroxyl groups is 5. The number of rotatable bonds is 6. The minimum atomic E-state index is -1.64. The molecule has 0 bridgehead atoms. The molecule has 5 N–H and O–H groups in total. The molecule has 2 unspecified atom stereocenters. The Kier molecular flexibility index (Phi) is 6.44. The van der Waals surface area contributed by atoms with E-state index in [9.17, 15) is 25.5 Å². The van der Waals surface area contributed by atoms with Crippen LogP contribution in [-0.2, 0) is 9.47 Å². The summed E-state index contributed by atoms with van der Waals surface area (Å²) < 4.78 is 10.0. The highest BCUT2D eigenvalue weighted by atomic mass is 16.6. The highest BCUT2D eigenvalue weighted by Crippen LogP contribution is 2.22. The molecule has 0 saturated carbocycles. The molecule has 1 aliphatic heterocycles. The quantitative estimate of drug-likeness (QED) is 0.351. The Morgan fingerprint density at radius 3 is 2.39 bits per heavy atom. The highest BCUT2D eigenvalue weighted by Gasteiger charge is 2.45. The SMILES string of the molecule is CCCCOC[C@@H](O)C1O[C@@H](O)C(O)[C@@H](O)[C@@H]1O. The largest absolute Gasteiger partial charge is 0.388 e. The Labute approximate surface area is 106 Å². The zero-order valence-corrected chi connectivity index (χ0v) is 10.3. The van der Waals surface area contributed by atoms with Crippen molar-refractivity contribution in [2.24, 2.45) is 0 Å². The summed E-state index contributed by atoms with van der Waals surface area (Å²) in [5.74, 6) is 0. The Balaban J connectivity index is 2.43. The molecule has 0 spiro atoms. The molecule has 18 heavy (non-hydrogen) atoms. The van der Waals surface area contributed by atoms with Crippen molar-refractivity contribution in [1.29, 1.82) is 0 Å². The van der Waals surface area contributed by atoms with Crippen molar-refractivity contribution in [3.63, 3.8) is 0 Å². The zero-order valence-electron chi connectivity index (χ0n) is 10.3. The van der Waals surface area contributed by atoms with Crippen molar-refractivity contribution in [2.75, 3.05) is 13.2 Å². The first-order valence-electron chi connectivity index (χ1n) is 6.12. The summed E-state index contributed by atoms with van der Waals surface area (Å²) in [4.78, 5) is 0. The molecule has 0 aromatic heterocycles. The molecule has 0 aromatic carbocycles. The summed E-state index contributed by atoms with van der Waals surface area (Å²) >= 11 is 0. The summed E-state index contributed by atoms with van der Waals surface area (Å²) in [5, 5.41) is 47.4. The molecule has 0 amide bonds. The van der Waals surface area contributed by atoms with Gasteiger partial charge in [0.1, 0.15) is 30.5 Å². The third-order valence-corrected chi connectivity index (χ3v) is 2.94. The van der Waals surface area contributed by atoms with Crippen molar-refractivity contribution in [1.82, 2.24) is 0 Å². The third-order valence-electron chi connectivity index (χ3n) is 2.94. The number of hydrogen-bond donors (Lipinski definition) is 5. The van der Waals surface area contributed by atoms with Gasteiger partial charge in [0.2, 0.25) is 0 Å². The van der Waals surface area contributed by atoms with Crippen molar-refractivity contribution in [3.8, 4) is 0 Å². The van der Waals surface area contributed by atoms with Gasteiger partial charge in [-0.25, -0.2) is 0 Å². The highest BCUT2D eigenvalue weighted by molar-refractivity contribution is 4.91. The normalized spacial score (nSPS) is 38.7. The third kappa shape index (κ3) is 3.86. The van der Waals surface area contributed by atoms with Crippen LogP contribution < -0.4 is 0 Å². The lowest BCUT2D eigenvalue weighted by Gasteiger charge is -2.40. The number of unbranched alkanes of at least 4 members (excludes halogenated alkanes) is 1.